The number of aliphatic hydroxyl groups is 1. The van der Waals surface area contributed by atoms with Gasteiger partial charge < -0.3 is 5.11 Å². The molecular weight excluding hydrogens is 268 g/mol. The Balaban J connectivity index is 2.04. The molecule has 2 aromatic heterocycles. The molecule has 0 fully saturated rings. The summed E-state index contributed by atoms with van der Waals surface area (Å²) in [7, 11) is 0. The molecule has 1 unspecified atom stereocenters. The van der Waals surface area contributed by atoms with E-state index < -0.39 is 11.9 Å². The van der Waals surface area contributed by atoms with Crippen LogP contribution >= 0.6 is 11.3 Å². The van der Waals surface area contributed by atoms with E-state index in [1.54, 1.807) is 12.1 Å². The van der Waals surface area contributed by atoms with Gasteiger partial charge in [-0.25, -0.2) is 8.78 Å². The number of halogens is 2. The van der Waals surface area contributed by atoms with Crippen LogP contribution in [0.5, 0.6) is 0 Å². The molecule has 2 nitrogen and oxygen atoms in total. The molecule has 3 rings (SSSR count). The van der Waals surface area contributed by atoms with Crippen LogP contribution in [0.4, 0.5) is 8.78 Å². The first-order valence-corrected chi connectivity index (χ1v) is 6.42. The first-order chi connectivity index (χ1) is 9.13. The van der Waals surface area contributed by atoms with Crippen molar-refractivity contribution in [3.8, 4) is 0 Å². The highest BCUT2D eigenvalue weighted by atomic mass is 32.1. The lowest BCUT2D eigenvalue weighted by Gasteiger charge is -2.07. The molecule has 0 bridgehead atoms. The van der Waals surface area contributed by atoms with Gasteiger partial charge >= 0.3 is 0 Å². The van der Waals surface area contributed by atoms with Gasteiger partial charge in [-0.1, -0.05) is 6.07 Å². The lowest BCUT2D eigenvalue weighted by atomic mass is 10.1. The van der Waals surface area contributed by atoms with Crippen LogP contribution in [0.3, 0.4) is 0 Å². The largest absolute Gasteiger partial charge is 0.383 e. The Morgan fingerprint density at radius 1 is 1.05 bits per heavy atom. The SMILES string of the molecule is OC(c1cncc(F)c1)c1cc2ccc(F)cc2s1. The molecule has 0 saturated heterocycles. The van der Waals surface area contributed by atoms with Crippen molar-refractivity contribution in [3.05, 3.63) is 64.8 Å². The van der Waals surface area contributed by atoms with E-state index in [4.69, 9.17) is 0 Å². The molecule has 3 aromatic rings. The first-order valence-electron chi connectivity index (χ1n) is 5.61. The summed E-state index contributed by atoms with van der Waals surface area (Å²) in [5.41, 5.74) is 0.382. The predicted octanol–water partition coefficient (Wildman–Crippen LogP) is 3.66. The minimum Gasteiger partial charge on any atom is -0.383 e. The molecule has 0 aliphatic rings. The van der Waals surface area contributed by atoms with Gasteiger partial charge in [0.2, 0.25) is 0 Å². The Morgan fingerprint density at radius 3 is 2.68 bits per heavy atom. The van der Waals surface area contributed by atoms with Crippen LogP contribution in [0.15, 0.2) is 42.7 Å². The molecule has 0 aliphatic carbocycles. The van der Waals surface area contributed by atoms with Gasteiger partial charge in [0.1, 0.15) is 17.7 Å². The van der Waals surface area contributed by atoms with Crippen LogP contribution in [0.2, 0.25) is 0 Å². The van der Waals surface area contributed by atoms with Crippen LogP contribution in [0.1, 0.15) is 16.5 Å². The molecule has 96 valence electrons. The van der Waals surface area contributed by atoms with Gasteiger partial charge in [0.05, 0.1) is 6.20 Å². The van der Waals surface area contributed by atoms with Gasteiger partial charge in [-0.2, -0.15) is 0 Å². The quantitative estimate of drug-likeness (QED) is 0.775. The number of nitrogens with zero attached hydrogens (tertiary/aromatic N) is 1. The third-order valence-corrected chi connectivity index (χ3v) is 3.96. The zero-order chi connectivity index (χ0) is 13.4. The highest BCUT2D eigenvalue weighted by Crippen LogP contribution is 2.33. The molecule has 19 heavy (non-hydrogen) atoms. The summed E-state index contributed by atoms with van der Waals surface area (Å²) in [6.45, 7) is 0. The fourth-order valence-corrected chi connectivity index (χ4v) is 3.01. The second kappa shape index (κ2) is 4.68. The second-order valence-electron chi connectivity index (χ2n) is 4.17. The average molecular weight is 277 g/mol. The summed E-state index contributed by atoms with van der Waals surface area (Å²) in [6.07, 6.45) is 1.54. The fourth-order valence-electron chi connectivity index (χ4n) is 1.90. The average Bonchev–Trinajstić information content (AvgIpc) is 2.80. The van der Waals surface area contributed by atoms with E-state index in [0.29, 0.717) is 10.4 Å². The Morgan fingerprint density at radius 2 is 1.89 bits per heavy atom. The van der Waals surface area contributed by atoms with Crippen molar-refractivity contribution in [2.75, 3.05) is 0 Å². The lowest BCUT2D eigenvalue weighted by molar-refractivity contribution is 0.223. The summed E-state index contributed by atoms with van der Waals surface area (Å²) in [5, 5.41) is 11.0. The van der Waals surface area contributed by atoms with Crippen LogP contribution in [0.25, 0.3) is 10.1 Å². The predicted molar refractivity (Wildman–Crippen MR) is 70.0 cm³/mol. The summed E-state index contributed by atoms with van der Waals surface area (Å²) in [6, 6.07) is 7.45. The minimum absolute atomic E-state index is 0.317. The van der Waals surface area contributed by atoms with E-state index in [9.17, 15) is 13.9 Å². The van der Waals surface area contributed by atoms with Crippen molar-refractivity contribution in [1.82, 2.24) is 4.98 Å². The third-order valence-electron chi connectivity index (χ3n) is 2.81. The van der Waals surface area contributed by atoms with Crippen molar-refractivity contribution < 1.29 is 13.9 Å². The van der Waals surface area contributed by atoms with E-state index in [1.807, 2.05) is 0 Å². The Bertz CT molecular complexity index is 741. The topological polar surface area (TPSA) is 33.1 Å². The smallest absolute Gasteiger partial charge is 0.141 e. The van der Waals surface area contributed by atoms with E-state index in [-0.39, 0.29) is 5.82 Å². The summed E-state index contributed by atoms with van der Waals surface area (Å²) in [5.74, 6) is -0.813. The number of hydrogen-bond acceptors (Lipinski definition) is 3. The number of aromatic nitrogens is 1. The number of pyridine rings is 1. The number of aliphatic hydroxyl groups excluding tert-OH is 1. The van der Waals surface area contributed by atoms with Crippen molar-refractivity contribution >= 4 is 21.4 Å². The van der Waals surface area contributed by atoms with E-state index in [0.717, 1.165) is 16.3 Å². The number of thiophene rings is 1. The van der Waals surface area contributed by atoms with Crippen LogP contribution in [-0.4, -0.2) is 10.1 Å². The number of benzene rings is 1. The molecule has 5 heteroatoms. The Hall–Kier alpha value is -1.85. The van der Waals surface area contributed by atoms with Crippen LogP contribution in [0, 0.1) is 11.6 Å². The number of hydrogen-bond donors (Lipinski definition) is 1. The van der Waals surface area contributed by atoms with Gasteiger partial charge in [-0.05, 0) is 29.7 Å². The van der Waals surface area contributed by atoms with Crippen LogP contribution in [-0.2, 0) is 0 Å². The molecule has 0 saturated carbocycles. The molecule has 1 aromatic carbocycles. The van der Waals surface area contributed by atoms with Crippen molar-refractivity contribution in [2.24, 2.45) is 0 Å². The maximum Gasteiger partial charge on any atom is 0.141 e. The van der Waals surface area contributed by atoms with Crippen molar-refractivity contribution in [2.45, 2.75) is 6.10 Å². The maximum atomic E-state index is 13.1. The highest BCUT2D eigenvalue weighted by Gasteiger charge is 2.15. The maximum absolute atomic E-state index is 13.1. The Labute approximate surface area is 112 Å². The molecule has 0 amide bonds. The zero-order valence-corrected chi connectivity index (χ0v) is 10.5. The number of fused-ring (bicyclic) bond motifs is 1. The Kier molecular flexibility index (Phi) is 3.00. The summed E-state index contributed by atoms with van der Waals surface area (Å²) >= 11 is 1.28. The van der Waals surface area contributed by atoms with Gasteiger partial charge in [-0.15, -0.1) is 11.3 Å². The molecule has 0 radical (unpaired) electrons. The van der Waals surface area contributed by atoms with Crippen molar-refractivity contribution in [1.29, 1.82) is 0 Å². The summed E-state index contributed by atoms with van der Waals surface area (Å²) in [4.78, 5) is 4.34. The molecule has 2 heterocycles. The van der Waals surface area contributed by atoms with Gasteiger partial charge in [0, 0.05) is 21.3 Å². The molecule has 0 spiro atoms. The fraction of sp³-hybridized carbons (Fsp3) is 0.0714. The van der Waals surface area contributed by atoms with E-state index in [2.05, 4.69) is 4.98 Å². The van der Waals surface area contributed by atoms with E-state index in [1.165, 1.54) is 35.7 Å². The van der Waals surface area contributed by atoms with Gasteiger partial charge in [-0.3, -0.25) is 4.98 Å². The van der Waals surface area contributed by atoms with Crippen molar-refractivity contribution in [3.63, 3.8) is 0 Å². The normalized spacial score (nSPS) is 12.8. The van der Waals surface area contributed by atoms with Crippen LogP contribution < -0.4 is 0 Å². The lowest BCUT2D eigenvalue weighted by Crippen LogP contribution is -1.98. The van der Waals surface area contributed by atoms with E-state index >= 15 is 0 Å². The second-order valence-corrected chi connectivity index (χ2v) is 5.29. The zero-order valence-electron chi connectivity index (χ0n) is 9.68. The third kappa shape index (κ3) is 2.34. The van der Waals surface area contributed by atoms with Gasteiger partial charge in [0.15, 0.2) is 0 Å². The minimum atomic E-state index is -0.955. The van der Waals surface area contributed by atoms with Gasteiger partial charge in [0.25, 0.3) is 0 Å². The molecule has 1 atom stereocenters. The number of rotatable bonds is 2. The summed E-state index contributed by atoms with van der Waals surface area (Å²) < 4.78 is 26.9. The molecule has 0 aliphatic heterocycles. The highest BCUT2D eigenvalue weighted by molar-refractivity contribution is 7.19. The standard InChI is InChI=1S/C14H9F2NOS/c15-10-2-1-8-4-13(19-12(8)5-10)14(18)9-3-11(16)7-17-6-9/h1-7,14,18H. The monoisotopic (exact) mass is 277 g/mol. The molecular formula is C14H9F2NOS. The first kappa shape index (κ1) is 12.2. The molecule has 1 N–H and O–H groups in total.